The summed E-state index contributed by atoms with van der Waals surface area (Å²) in [5.41, 5.74) is 2.20. The highest BCUT2D eigenvalue weighted by molar-refractivity contribution is 9.08. The predicted molar refractivity (Wildman–Crippen MR) is 81.7 cm³/mol. The zero-order chi connectivity index (χ0) is 13.7. The average molecular weight is 346 g/mol. The Kier molecular flexibility index (Phi) is 5.42. The number of nitrogens with one attached hydrogen (secondary N) is 1. The van der Waals surface area contributed by atoms with Crippen LogP contribution >= 0.6 is 15.9 Å². The fraction of sp³-hybridized carbons (Fsp3) is 0.571. The van der Waals surface area contributed by atoms with Crippen LogP contribution < -0.4 is 4.72 Å². The summed E-state index contributed by atoms with van der Waals surface area (Å²) in [5, 5.41) is 0.629. The van der Waals surface area contributed by atoms with Crippen LogP contribution in [0.1, 0.15) is 43.2 Å². The van der Waals surface area contributed by atoms with E-state index in [4.69, 9.17) is 0 Å². The monoisotopic (exact) mass is 345 g/mol. The zero-order valence-corrected chi connectivity index (χ0v) is 13.3. The average Bonchev–Trinajstić information content (AvgIpc) is 2.47. The maximum Gasteiger partial charge on any atom is 0.214 e. The maximum atomic E-state index is 12.2. The first-order valence-electron chi connectivity index (χ1n) is 6.74. The first-order valence-corrected chi connectivity index (χ1v) is 9.41. The summed E-state index contributed by atoms with van der Waals surface area (Å²) < 4.78 is 27.1. The van der Waals surface area contributed by atoms with E-state index in [0.29, 0.717) is 6.54 Å². The van der Waals surface area contributed by atoms with Crippen molar-refractivity contribution in [2.45, 2.75) is 49.2 Å². The van der Waals surface area contributed by atoms with E-state index >= 15 is 0 Å². The van der Waals surface area contributed by atoms with Crippen LogP contribution in [0.4, 0.5) is 0 Å². The lowest BCUT2D eigenvalue weighted by Crippen LogP contribution is -2.35. The van der Waals surface area contributed by atoms with Gasteiger partial charge in [-0.2, -0.15) is 0 Å². The summed E-state index contributed by atoms with van der Waals surface area (Å²) in [6.45, 7) is 0.390. The molecule has 1 aliphatic carbocycles. The molecule has 0 aromatic heterocycles. The summed E-state index contributed by atoms with van der Waals surface area (Å²) >= 11 is 3.39. The molecular formula is C14H20BrNO2S. The highest BCUT2D eigenvalue weighted by Gasteiger charge is 2.26. The van der Waals surface area contributed by atoms with Crippen molar-refractivity contribution >= 4 is 26.0 Å². The lowest BCUT2D eigenvalue weighted by molar-refractivity contribution is 0.477. The van der Waals surface area contributed by atoms with Crippen LogP contribution in [0.2, 0.25) is 0 Å². The molecule has 0 atom stereocenters. The molecule has 5 heteroatoms. The number of rotatable bonds is 5. The van der Waals surface area contributed by atoms with Gasteiger partial charge < -0.3 is 0 Å². The number of alkyl halides is 1. The molecule has 0 unspecified atom stereocenters. The molecule has 0 heterocycles. The molecule has 0 amide bonds. The zero-order valence-electron chi connectivity index (χ0n) is 10.9. The van der Waals surface area contributed by atoms with Crippen molar-refractivity contribution in [3.8, 4) is 0 Å². The minimum atomic E-state index is -3.16. The fourth-order valence-corrected chi connectivity index (χ4v) is 4.35. The number of sulfonamides is 1. The van der Waals surface area contributed by atoms with Gasteiger partial charge in [0.2, 0.25) is 10.0 Å². The Morgan fingerprint density at radius 3 is 2.21 bits per heavy atom. The third-order valence-corrected chi connectivity index (χ3v) is 6.19. The molecular weight excluding hydrogens is 326 g/mol. The van der Waals surface area contributed by atoms with Crippen LogP contribution in [-0.2, 0) is 21.9 Å². The third-order valence-electron chi connectivity index (χ3n) is 3.65. The van der Waals surface area contributed by atoms with Crippen LogP contribution in [-0.4, -0.2) is 13.7 Å². The van der Waals surface area contributed by atoms with Crippen molar-refractivity contribution < 1.29 is 8.42 Å². The predicted octanol–water partition coefficient (Wildman–Crippen LogP) is 3.33. The minimum absolute atomic E-state index is 0.192. The lowest BCUT2D eigenvalue weighted by Gasteiger charge is -2.22. The van der Waals surface area contributed by atoms with Crippen molar-refractivity contribution in [1.82, 2.24) is 4.72 Å². The molecule has 0 aliphatic heterocycles. The van der Waals surface area contributed by atoms with Gasteiger partial charge in [-0.1, -0.05) is 59.5 Å². The summed E-state index contributed by atoms with van der Waals surface area (Å²) in [6, 6.07) is 7.97. The Bertz CT molecular complexity index is 493. The Morgan fingerprint density at radius 2 is 1.63 bits per heavy atom. The molecule has 1 N–H and O–H groups in total. The molecule has 1 saturated carbocycles. The van der Waals surface area contributed by atoms with Gasteiger partial charge >= 0.3 is 0 Å². The summed E-state index contributed by atoms with van der Waals surface area (Å²) in [5.74, 6) is 0. The molecule has 2 rings (SSSR count). The van der Waals surface area contributed by atoms with E-state index in [0.717, 1.165) is 36.6 Å². The molecule has 1 aromatic carbocycles. The molecule has 19 heavy (non-hydrogen) atoms. The molecule has 0 saturated heterocycles. The molecule has 106 valence electrons. The van der Waals surface area contributed by atoms with Crippen LogP contribution in [0.3, 0.4) is 0 Å². The largest absolute Gasteiger partial charge is 0.214 e. The second-order valence-electron chi connectivity index (χ2n) is 5.08. The number of hydrogen-bond donors (Lipinski definition) is 1. The first kappa shape index (κ1) is 15.0. The molecule has 1 fully saturated rings. The lowest BCUT2D eigenvalue weighted by atomic mass is 10.0. The SMILES string of the molecule is O=S(=O)(NCc1ccc(CBr)cc1)C1CCCCC1. The van der Waals surface area contributed by atoms with E-state index in [9.17, 15) is 8.42 Å². The number of benzene rings is 1. The molecule has 3 nitrogen and oxygen atoms in total. The molecule has 0 bridgehead atoms. The highest BCUT2D eigenvalue weighted by atomic mass is 79.9. The summed E-state index contributed by atoms with van der Waals surface area (Å²) in [6.07, 6.45) is 4.84. The van der Waals surface area contributed by atoms with Crippen molar-refractivity contribution in [2.24, 2.45) is 0 Å². The van der Waals surface area contributed by atoms with Crippen molar-refractivity contribution in [3.05, 3.63) is 35.4 Å². The minimum Gasteiger partial charge on any atom is -0.212 e. The van der Waals surface area contributed by atoms with Crippen LogP contribution in [0, 0.1) is 0 Å². The van der Waals surface area contributed by atoms with Crippen molar-refractivity contribution in [1.29, 1.82) is 0 Å². The van der Waals surface area contributed by atoms with Gasteiger partial charge in [-0.05, 0) is 24.0 Å². The number of halogens is 1. The topological polar surface area (TPSA) is 46.2 Å². The molecule has 0 radical (unpaired) electrons. The van der Waals surface area contributed by atoms with E-state index < -0.39 is 10.0 Å². The van der Waals surface area contributed by atoms with E-state index in [-0.39, 0.29) is 5.25 Å². The summed E-state index contributed by atoms with van der Waals surface area (Å²) in [7, 11) is -3.16. The van der Waals surface area contributed by atoms with Crippen molar-refractivity contribution in [3.63, 3.8) is 0 Å². The Labute approximate surface area is 124 Å². The van der Waals surface area contributed by atoms with E-state index in [1.54, 1.807) is 0 Å². The Morgan fingerprint density at radius 1 is 1.05 bits per heavy atom. The standard InChI is InChI=1S/C14H20BrNO2S/c15-10-12-6-8-13(9-7-12)11-16-19(17,18)14-4-2-1-3-5-14/h6-9,14,16H,1-5,10-11H2. The Balaban J connectivity index is 1.92. The van der Waals surface area contributed by atoms with Gasteiger partial charge in [0.25, 0.3) is 0 Å². The third kappa shape index (κ3) is 4.29. The maximum absolute atomic E-state index is 12.2. The molecule has 0 spiro atoms. The first-order chi connectivity index (χ1) is 9.12. The van der Waals surface area contributed by atoms with E-state index in [1.165, 1.54) is 12.0 Å². The molecule has 1 aromatic rings. The smallest absolute Gasteiger partial charge is 0.212 e. The normalized spacial score (nSPS) is 17.5. The quantitative estimate of drug-likeness (QED) is 0.832. The van der Waals surface area contributed by atoms with Crippen molar-refractivity contribution in [2.75, 3.05) is 0 Å². The van der Waals surface area contributed by atoms with E-state index in [2.05, 4.69) is 20.7 Å². The van der Waals surface area contributed by atoms with Crippen LogP contribution in [0.25, 0.3) is 0 Å². The fourth-order valence-electron chi connectivity index (χ4n) is 2.42. The van der Waals surface area contributed by atoms with Gasteiger partial charge in [-0.25, -0.2) is 13.1 Å². The van der Waals surface area contributed by atoms with Crippen LogP contribution in [0.5, 0.6) is 0 Å². The number of hydrogen-bond acceptors (Lipinski definition) is 2. The van der Waals surface area contributed by atoms with Gasteiger partial charge in [0.15, 0.2) is 0 Å². The van der Waals surface area contributed by atoms with Crippen LogP contribution in [0.15, 0.2) is 24.3 Å². The second-order valence-corrected chi connectivity index (χ2v) is 7.68. The van der Waals surface area contributed by atoms with Gasteiger partial charge in [0.05, 0.1) is 5.25 Å². The van der Waals surface area contributed by atoms with Gasteiger partial charge in [0, 0.05) is 11.9 Å². The second kappa shape index (κ2) is 6.86. The molecule has 1 aliphatic rings. The summed E-state index contributed by atoms with van der Waals surface area (Å²) in [4.78, 5) is 0. The Hall–Kier alpha value is -0.390. The van der Waals surface area contributed by atoms with Gasteiger partial charge in [-0.3, -0.25) is 0 Å². The van der Waals surface area contributed by atoms with E-state index in [1.807, 2.05) is 24.3 Å². The van der Waals surface area contributed by atoms with Gasteiger partial charge in [0.1, 0.15) is 0 Å². The highest BCUT2D eigenvalue weighted by Crippen LogP contribution is 2.23. The van der Waals surface area contributed by atoms with Gasteiger partial charge in [-0.15, -0.1) is 0 Å².